The summed E-state index contributed by atoms with van der Waals surface area (Å²) in [5.41, 5.74) is 6.53. The molecular formula is C36H21N5O. The van der Waals surface area contributed by atoms with Gasteiger partial charge in [-0.15, -0.1) is 0 Å². The van der Waals surface area contributed by atoms with E-state index in [2.05, 4.69) is 22.6 Å². The average Bonchev–Trinajstić information content (AvgIpc) is 3.45. The van der Waals surface area contributed by atoms with Crippen molar-refractivity contribution in [1.82, 2.24) is 23.9 Å². The molecule has 4 aromatic heterocycles. The fourth-order valence-electron chi connectivity index (χ4n) is 6.31. The van der Waals surface area contributed by atoms with Crippen molar-refractivity contribution in [3.63, 3.8) is 0 Å². The lowest BCUT2D eigenvalue weighted by Crippen LogP contribution is -2.22. The molecule has 0 aliphatic carbocycles. The Morgan fingerprint density at radius 3 is 1.93 bits per heavy atom. The number of para-hydroxylation sites is 4. The number of hydrogen-bond donors (Lipinski definition) is 0. The summed E-state index contributed by atoms with van der Waals surface area (Å²) in [6.07, 6.45) is 0. The normalized spacial score (nSPS) is 11.9. The third-order valence-corrected chi connectivity index (χ3v) is 8.12. The van der Waals surface area contributed by atoms with Crippen molar-refractivity contribution in [3.05, 3.63) is 138 Å². The van der Waals surface area contributed by atoms with Crippen LogP contribution in [-0.2, 0) is 0 Å². The van der Waals surface area contributed by atoms with Crippen molar-refractivity contribution in [2.24, 2.45) is 0 Å². The largest absolute Gasteiger partial charge is 0.290 e. The van der Waals surface area contributed by atoms with E-state index in [0.29, 0.717) is 22.5 Å². The average molecular weight is 540 g/mol. The summed E-state index contributed by atoms with van der Waals surface area (Å²) in [5.74, 6) is 0.317. The molecule has 6 nitrogen and oxygen atoms in total. The summed E-state index contributed by atoms with van der Waals surface area (Å²) in [4.78, 5) is 29.8. The maximum absolute atomic E-state index is 14.6. The number of fused-ring (bicyclic) bond motifs is 11. The molecule has 0 amide bonds. The molecule has 5 aromatic carbocycles. The lowest BCUT2D eigenvalue weighted by Gasteiger charge is -2.17. The molecule has 0 atom stereocenters. The zero-order chi connectivity index (χ0) is 27.8. The van der Waals surface area contributed by atoms with Gasteiger partial charge in [-0.2, -0.15) is 0 Å². The third kappa shape index (κ3) is 3.09. The molecule has 0 N–H and O–H groups in total. The first-order chi connectivity index (χ1) is 20.8. The predicted molar refractivity (Wildman–Crippen MR) is 169 cm³/mol. The Balaban J connectivity index is 1.57. The van der Waals surface area contributed by atoms with Crippen molar-refractivity contribution in [3.8, 4) is 17.2 Å². The minimum Gasteiger partial charge on any atom is -0.290 e. The summed E-state index contributed by atoms with van der Waals surface area (Å²) < 4.78 is 3.82. The van der Waals surface area contributed by atoms with Crippen molar-refractivity contribution in [2.75, 3.05) is 0 Å². The first kappa shape index (κ1) is 22.9. The molecule has 0 saturated carbocycles. The summed E-state index contributed by atoms with van der Waals surface area (Å²) in [5, 5.41) is 4.38. The Bertz CT molecular complexity index is 2600. The number of pyridine rings is 2. The predicted octanol–water partition coefficient (Wildman–Crippen LogP) is 7.71. The highest BCUT2D eigenvalue weighted by atomic mass is 16.1. The summed E-state index contributed by atoms with van der Waals surface area (Å²) >= 11 is 0. The second-order valence-corrected chi connectivity index (χ2v) is 10.4. The number of aromatic nitrogens is 5. The van der Waals surface area contributed by atoms with E-state index in [1.165, 1.54) is 0 Å². The van der Waals surface area contributed by atoms with E-state index in [1.807, 2.05) is 109 Å². The molecule has 9 aromatic rings. The van der Waals surface area contributed by atoms with E-state index >= 15 is 0 Å². The van der Waals surface area contributed by atoms with Crippen molar-refractivity contribution < 1.29 is 0 Å². The van der Waals surface area contributed by atoms with Gasteiger partial charge in [-0.25, -0.2) is 19.5 Å². The van der Waals surface area contributed by atoms with Gasteiger partial charge in [0.05, 0.1) is 27.8 Å². The molecule has 42 heavy (non-hydrogen) atoms. The molecule has 6 heteroatoms. The zero-order valence-corrected chi connectivity index (χ0v) is 22.3. The SMILES string of the molecule is O=c1c2ccccc2c2c3ccccc3n3c4ccccc4nc3c2n1-c1nc(-c2ccccc2)c2ccccc2n1. The van der Waals surface area contributed by atoms with E-state index in [9.17, 15) is 4.79 Å². The van der Waals surface area contributed by atoms with Crippen LogP contribution < -0.4 is 5.56 Å². The minimum atomic E-state index is -0.184. The lowest BCUT2D eigenvalue weighted by atomic mass is 10.0. The van der Waals surface area contributed by atoms with E-state index < -0.39 is 0 Å². The highest BCUT2D eigenvalue weighted by molar-refractivity contribution is 6.23. The summed E-state index contributed by atoms with van der Waals surface area (Å²) in [6.45, 7) is 0. The number of hydrogen-bond acceptors (Lipinski definition) is 4. The van der Waals surface area contributed by atoms with Crippen molar-refractivity contribution in [1.29, 1.82) is 0 Å². The Morgan fingerprint density at radius 2 is 1.12 bits per heavy atom. The van der Waals surface area contributed by atoms with Gasteiger partial charge in [-0.3, -0.25) is 9.20 Å². The fraction of sp³-hybridized carbons (Fsp3) is 0. The molecule has 0 saturated heterocycles. The van der Waals surface area contributed by atoms with Crippen LogP contribution in [0.25, 0.3) is 77.4 Å². The number of benzene rings is 5. The van der Waals surface area contributed by atoms with Gasteiger partial charge in [-0.1, -0.05) is 97.1 Å². The van der Waals surface area contributed by atoms with Crippen LogP contribution in [-0.4, -0.2) is 23.9 Å². The third-order valence-electron chi connectivity index (χ3n) is 8.12. The molecule has 0 fully saturated rings. The topological polar surface area (TPSA) is 65.1 Å². The molecule has 0 unspecified atom stereocenters. The number of imidazole rings is 1. The summed E-state index contributed by atoms with van der Waals surface area (Å²) in [7, 11) is 0. The van der Waals surface area contributed by atoms with Crippen LogP contribution in [0.1, 0.15) is 0 Å². The van der Waals surface area contributed by atoms with E-state index in [1.54, 1.807) is 4.57 Å². The van der Waals surface area contributed by atoms with Gasteiger partial charge >= 0.3 is 0 Å². The van der Waals surface area contributed by atoms with Gasteiger partial charge < -0.3 is 0 Å². The molecule has 0 aliphatic heterocycles. The van der Waals surface area contributed by atoms with Crippen LogP contribution in [0.2, 0.25) is 0 Å². The van der Waals surface area contributed by atoms with E-state index in [0.717, 1.165) is 54.9 Å². The fourth-order valence-corrected chi connectivity index (χ4v) is 6.31. The van der Waals surface area contributed by atoms with Crippen LogP contribution in [0.3, 0.4) is 0 Å². The molecular weight excluding hydrogens is 518 g/mol. The minimum absolute atomic E-state index is 0.184. The first-order valence-corrected chi connectivity index (χ1v) is 13.9. The van der Waals surface area contributed by atoms with Crippen LogP contribution >= 0.6 is 0 Å². The maximum Gasteiger partial charge on any atom is 0.266 e. The second-order valence-electron chi connectivity index (χ2n) is 10.4. The maximum atomic E-state index is 14.6. The Morgan fingerprint density at radius 1 is 0.500 bits per heavy atom. The van der Waals surface area contributed by atoms with Gasteiger partial charge in [-0.05, 0) is 35.7 Å². The lowest BCUT2D eigenvalue weighted by molar-refractivity contribution is 0.946. The highest BCUT2D eigenvalue weighted by Crippen LogP contribution is 2.37. The van der Waals surface area contributed by atoms with E-state index in [4.69, 9.17) is 15.0 Å². The van der Waals surface area contributed by atoms with E-state index in [-0.39, 0.29) is 5.56 Å². The van der Waals surface area contributed by atoms with Crippen molar-refractivity contribution >= 4 is 60.2 Å². The number of rotatable bonds is 2. The quantitative estimate of drug-likeness (QED) is 0.211. The Labute approximate surface area is 238 Å². The smallest absolute Gasteiger partial charge is 0.266 e. The molecule has 9 rings (SSSR count). The number of nitrogens with zero attached hydrogens (tertiary/aromatic N) is 5. The first-order valence-electron chi connectivity index (χ1n) is 13.9. The molecule has 0 aliphatic rings. The summed E-state index contributed by atoms with van der Waals surface area (Å²) in [6, 6.07) is 42.2. The van der Waals surface area contributed by atoms with Gasteiger partial charge in [0.15, 0.2) is 5.65 Å². The molecule has 0 bridgehead atoms. The highest BCUT2D eigenvalue weighted by Gasteiger charge is 2.23. The van der Waals surface area contributed by atoms with Gasteiger partial charge in [0.1, 0.15) is 5.52 Å². The second kappa shape index (κ2) is 8.56. The molecule has 196 valence electrons. The van der Waals surface area contributed by atoms with Crippen LogP contribution in [0, 0.1) is 0 Å². The Hall–Kier alpha value is -5.88. The van der Waals surface area contributed by atoms with Gasteiger partial charge in [0, 0.05) is 27.1 Å². The molecule has 0 spiro atoms. The van der Waals surface area contributed by atoms with Crippen molar-refractivity contribution in [2.45, 2.75) is 0 Å². The molecule has 4 heterocycles. The van der Waals surface area contributed by atoms with Crippen LogP contribution in [0.5, 0.6) is 0 Å². The standard InChI is InChI=1S/C36H21N5O/c42-35-24-15-5-4-14-23(24)31-26-17-7-10-20-29(26)40-30-21-11-9-19-28(30)37-34(40)33(31)41(35)36-38-27-18-8-6-16-25(27)32(39-36)22-12-2-1-3-13-22/h1-21H. The Kier molecular flexibility index (Phi) is 4.66. The van der Waals surface area contributed by atoms with Gasteiger partial charge in [0.2, 0.25) is 5.95 Å². The monoisotopic (exact) mass is 539 g/mol. The molecule has 0 radical (unpaired) electrons. The van der Waals surface area contributed by atoms with Crippen LogP contribution in [0.4, 0.5) is 0 Å². The van der Waals surface area contributed by atoms with Crippen LogP contribution in [0.15, 0.2) is 132 Å². The van der Waals surface area contributed by atoms with Gasteiger partial charge in [0.25, 0.3) is 5.56 Å². The zero-order valence-electron chi connectivity index (χ0n) is 22.3.